The Morgan fingerprint density at radius 3 is 2.72 bits per heavy atom. The first kappa shape index (κ1) is 12.2. The van der Waals surface area contributed by atoms with Crippen molar-refractivity contribution >= 4 is 12.0 Å². The third kappa shape index (κ3) is 2.53. The minimum absolute atomic E-state index is 0.346. The Kier molecular flexibility index (Phi) is 3.67. The molecule has 0 bridgehead atoms. The molecule has 1 aromatic carbocycles. The quantitative estimate of drug-likeness (QED) is 0.760. The van der Waals surface area contributed by atoms with Crippen LogP contribution in [0.15, 0.2) is 40.8 Å². The van der Waals surface area contributed by atoms with Gasteiger partial charge in [-0.3, -0.25) is 4.79 Å². The van der Waals surface area contributed by atoms with Crippen molar-refractivity contribution in [3.05, 3.63) is 47.9 Å². The number of nitrogens with zero attached hydrogens (tertiary/aromatic N) is 1. The first-order chi connectivity index (χ1) is 8.74. The summed E-state index contributed by atoms with van der Waals surface area (Å²) in [5.41, 5.74) is 0.976. The number of aldehydes is 1. The van der Waals surface area contributed by atoms with Crippen LogP contribution in [0.3, 0.4) is 0 Å². The third-order valence-electron chi connectivity index (χ3n) is 2.69. The number of carbonyl (C=O) groups is 1. The van der Waals surface area contributed by atoms with Crippen molar-refractivity contribution in [3.63, 3.8) is 0 Å². The summed E-state index contributed by atoms with van der Waals surface area (Å²) >= 11 is 0. The van der Waals surface area contributed by atoms with Crippen LogP contribution in [0.5, 0.6) is 5.75 Å². The van der Waals surface area contributed by atoms with Gasteiger partial charge in [-0.05, 0) is 24.3 Å². The number of rotatable bonds is 5. The number of furan rings is 1. The SMILES string of the molecule is COc1ccccc1N(C)Cc1ccc(C=O)o1. The highest BCUT2D eigenvalue weighted by Crippen LogP contribution is 2.27. The van der Waals surface area contributed by atoms with Crippen LogP contribution in [-0.2, 0) is 6.54 Å². The monoisotopic (exact) mass is 245 g/mol. The number of methoxy groups -OCH3 is 1. The first-order valence-corrected chi connectivity index (χ1v) is 5.62. The van der Waals surface area contributed by atoms with E-state index in [9.17, 15) is 4.79 Å². The molecule has 0 aliphatic heterocycles. The summed E-state index contributed by atoms with van der Waals surface area (Å²) in [6.45, 7) is 0.578. The fourth-order valence-electron chi connectivity index (χ4n) is 1.81. The molecule has 1 heterocycles. The van der Waals surface area contributed by atoms with Crippen LogP contribution < -0.4 is 9.64 Å². The average molecular weight is 245 g/mol. The van der Waals surface area contributed by atoms with E-state index in [0.717, 1.165) is 17.2 Å². The molecule has 0 radical (unpaired) electrons. The Balaban J connectivity index is 2.16. The summed E-state index contributed by atoms with van der Waals surface area (Å²) in [5, 5.41) is 0. The van der Waals surface area contributed by atoms with E-state index in [1.54, 1.807) is 19.2 Å². The highest BCUT2D eigenvalue weighted by Gasteiger charge is 2.10. The van der Waals surface area contributed by atoms with Crippen molar-refractivity contribution < 1.29 is 13.9 Å². The Morgan fingerprint density at radius 1 is 1.28 bits per heavy atom. The molecule has 2 rings (SSSR count). The van der Waals surface area contributed by atoms with Gasteiger partial charge in [0.25, 0.3) is 0 Å². The minimum Gasteiger partial charge on any atom is -0.495 e. The average Bonchev–Trinajstić information content (AvgIpc) is 2.86. The molecule has 94 valence electrons. The second-order valence-electron chi connectivity index (χ2n) is 3.95. The van der Waals surface area contributed by atoms with Gasteiger partial charge in [-0.25, -0.2) is 0 Å². The van der Waals surface area contributed by atoms with E-state index in [4.69, 9.17) is 9.15 Å². The molecule has 1 aromatic heterocycles. The molecule has 4 nitrogen and oxygen atoms in total. The fraction of sp³-hybridized carbons (Fsp3) is 0.214. The van der Waals surface area contributed by atoms with E-state index in [1.165, 1.54) is 0 Å². The molecule has 0 atom stereocenters. The zero-order valence-electron chi connectivity index (χ0n) is 10.4. The lowest BCUT2D eigenvalue weighted by Gasteiger charge is -2.20. The molecule has 4 heteroatoms. The second-order valence-corrected chi connectivity index (χ2v) is 3.95. The Hall–Kier alpha value is -2.23. The number of hydrogen-bond acceptors (Lipinski definition) is 4. The predicted octanol–water partition coefficient (Wildman–Crippen LogP) is 2.74. The van der Waals surface area contributed by atoms with Gasteiger partial charge in [-0.1, -0.05) is 12.1 Å². The number of hydrogen-bond donors (Lipinski definition) is 0. The summed E-state index contributed by atoms with van der Waals surface area (Å²) in [6, 6.07) is 11.2. The molecule has 0 fully saturated rings. The number of para-hydroxylation sites is 2. The van der Waals surface area contributed by atoms with Gasteiger partial charge in [0.15, 0.2) is 12.0 Å². The standard InChI is InChI=1S/C14H15NO3/c1-15(9-11-7-8-12(10-16)18-11)13-5-3-4-6-14(13)17-2/h3-8,10H,9H2,1-2H3. The lowest BCUT2D eigenvalue weighted by Crippen LogP contribution is -2.16. The van der Waals surface area contributed by atoms with Crippen molar-refractivity contribution in [1.82, 2.24) is 0 Å². The van der Waals surface area contributed by atoms with Gasteiger partial charge in [-0.2, -0.15) is 0 Å². The van der Waals surface area contributed by atoms with E-state index in [1.807, 2.05) is 36.2 Å². The zero-order valence-corrected chi connectivity index (χ0v) is 10.4. The molecular weight excluding hydrogens is 230 g/mol. The van der Waals surface area contributed by atoms with Crippen molar-refractivity contribution in [1.29, 1.82) is 0 Å². The van der Waals surface area contributed by atoms with E-state index in [2.05, 4.69) is 0 Å². The highest BCUT2D eigenvalue weighted by atomic mass is 16.5. The van der Waals surface area contributed by atoms with Crippen LogP contribution in [-0.4, -0.2) is 20.4 Å². The van der Waals surface area contributed by atoms with Crippen LogP contribution in [0.25, 0.3) is 0 Å². The van der Waals surface area contributed by atoms with Crippen molar-refractivity contribution in [2.24, 2.45) is 0 Å². The van der Waals surface area contributed by atoms with Crippen LogP contribution in [0.4, 0.5) is 5.69 Å². The molecule has 0 saturated carbocycles. The van der Waals surface area contributed by atoms with E-state index in [-0.39, 0.29) is 0 Å². The molecule has 0 saturated heterocycles. The maximum absolute atomic E-state index is 10.5. The molecular formula is C14H15NO3. The van der Waals surface area contributed by atoms with Gasteiger partial charge in [0.1, 0.15) is 11.5 Å². The topological polar surface area (TPSA) is 42.7 Å². The summed E-state index contributed by atoms with van der Waals surface area (Å²) in [4.78, 5) is 12.6. The van der Waals surface area contributed by atoms with Gasteiger partial charge >= 0.3 is 0 Å². The van der Waals surface area contributed by atoms with E-state index < -0.39 is 0 Å². The number of ether oxygens (including phenoxy) is 1. The molecule has 0 N–H and O–H groups in total. The van der Waals surface area contributed by atoms with Gasteiger partial charge in [0.05, 0.1) is 19.3 Å². The first-order valence-electron chi connectivity index (χ1n) is 5.62. The molecule has 0 unspecified atom stereocenters. The van der Waals surface area contributed by atoms with Crippen molar-refractivity contribution in [2.75, 3.05) is 19.1 Å². The lowest BCUT2D eigenvalue weighted by atomic mass is 10.2. The highest BCUT2D eigenvalue weighted by molar-refractivity contribution is 5.70. The lowest BCUT2D eigenvalue weighted by molar-refractivity contribution is 0.109. The smallest absolute Gasteiger partial charge is 0.185 e. The Bertz CT molecular complexity index is 533. The van der Waals surface area contributed by atoms with Gasteiger partial charge in [0.2, 0.25) is 0 Å². The minimum atomic E-state index is 0.346. The van der Waals surface area contributed by atoms with E-state index >= 15 is 0 Å². The van der Waals surface area contributed by atoms with Crippen LogP contribution in [0.2, 0.25) is 0 Å². The molecule has 0 aliphatic rings. The summed E-state index contributed by atoms with van der Waals surface area (Å²) in [6.07, 6.45) is 0.701. The summed E-state index contributed by atoms with van der Waals surface area (Å²) in [5.74, 6) is 1.89. The van der Waals surface area contributed by atoms with E-state index in [0.29, 0.717) is 18.6 Å². The molecule has 18 heavy (non-hydrogen) atoms. The maximum atomic E-state index is 10.5. The van der Waals surface area contributed by atoms with Gasteiger partial charge in [-0.15, -0.1) is 0 Å². The predicted molar refractivity (Wildman–Crippen MR) is 69.2 cm³/mol. The van der Waals surface area contributed by atoms with Crippen molar-refractivity contribution in [3.8, 4) is 5.75 Å². The van der Waals surface area contributed by atoms with Gasteiger partial charge in [0, 0.05) is 7.05 Å². The maximum Gasteiger partial charge on any atom is 0.185 e. The van der Waals surface area contributed by atoms with Gasteiger partial charge < -0.3 is 14.1 Å². The van der Waals surface area contributed by atoms with Crippen LogP contribution in [0, 0.1) is 0 Å². The second kappa shape index (κ2) is 5.40. The third-order valence-corrected chi connectivity index (χ3v) is 2.69. The van der Waals surface area contributed by atoms with Crippen LogP contribution >= 0.6 is 0 Å². The Labute approximate surface area is 106 Å². The van der Waals surface area contributed by atoms with Crippen molar-refractivity contribution in [2.45, 2.75) is 6.54 Å². The van der Waals surface area contributed by atoms with Crippen LogP contribution in [0.1, 0.15) is 16.3 Å². The number of anilines is 1. The zero-order chi connectivity index (χ0) is 13.0. The Morgan fingerprint density at radius 2 is 2.06 bits per heavy atom. The summed E-state index contributed by atoms with van der Waals surface area (Å²) in [7, 11) is 3.59. The molecule has 0 aliphatic carbocycles. The summed E-state index contributed by atoms with van der Waals surface area (Å²) < 4.78 is 10.7. The molecule has 0 spiro atoms. The largest absolute Gasteiger partial charge is 0.495 e. The number of carbonyl (C=O) groups excluding carboxylic acids is 1. The normalized spacial score (nSPS) is 10.1. The fourth-order valence-corrected chi connectivity index (χ4v) is 1.81. The number of benzene rings is 1. The molecule has 0 amide bonds. The molecule has 2 aromatic rings.